The molecule has 0 radical (unpaired) electrons. The average Bonchev–Trinajstić information content (AvgIpc) is 2.89. The van der Waals surface area contributed by atoms with Crippen LogP contribution in [0.2, 0.25) is 0 Å². The number of carbonyl (C=O) groups is 2. The third kappa shape index (κ3) is 17.6. The van der Waals surface area contributed by atoms with Crippen molar-refractivity contribution < 1.29 is 83.4 Å². The van der Waals surface area contributed by atoms with E-state index in [1.165, 1.54) is 37.8 Å². The minimum Gasteiger partial charge on any atom is -0.744 e. The zero-order valence-electron chi connectivity index (χ0n) is 24.1. The fourth-order valence-corrected chi connectivity index (χ4v) is 4.49. The molecule has 0 aromatic heterocycles. The summed E-state index contributed by atoms with van der Waals surface area (Å²) < 4.78 is 45.9. The van der Waals surface area contributed by atoms with Crippen molar-refractivity contribution in [2.75, 3.05) is 13.2 Å². The van der Waals surface area contributed by atoms with Gasteiger partial charge in [0.15, 0.2) is 0 Å². The summed E-state index contributed by atoms with van der Waals surface area (Å²) in [5.74, 6) is -1.86. The third-order valence-corrected chi connectivity index (χ3v) is 6.88. The summed E-state index contributed by atoms with van der Waals surface area (Å²) in [6, 6.07) is 3.53. The van der Waals surface area contributed by atoms with E-state index in [9.17, 15) is 22.6 Å². The quantitative estimate of drug-likeness (QED) is 0.0683. The molecule has 1 rings (SSSR count). The molecule has 0 spiro atoms. The summed E-state index contributed by atoms with van der Waals surface area (Å²) in [4.78, 5) is 24.7. The monoisotopic (exact) mass is 588 g/mol. The molecule has 0 N–H and O–H groups in total. The first-order valence-electron chi connectivity index (χ1n) is 14.1. The number of allylic oxidation sites excluding steroid dienone is 4. The minimum atomic E-state index is -5.00. The first-order valence-corrected chi connectivity index (χ1v) is 15.5. The van der Waals surface area contributed by atoms with Crippen molar-refractivity contribution in [2.45, 2.75) is 109 Å². The summed E-state index contributed by atoms with van der Waals surface area (Å²) >= 11 is 0. The molecule has 39 heavy (non-hydrogen) atoms. The van der Waals surface area contributed by atoms with Crippen molar-refractivity contribution >= 4 is 22.1 Å². The van der Waals surface area contributed by atoms with Gasteiger partial charge in [-0.3, -0.25) is 0 Å². The predicted molar refractivity (Wildman–Crippen MR) is 149 cm³/mol. The topological polar surface area (TPSA) is 110 Å². The van der Waals surface area contributed by atoms with Crippen molar-refractivity contribution in [1.82, 2.24) is 0 Å². The van der Waals surface area contributed by atoms with E-state index in [2.05, 4.69) is 38.2 Å². The Morgan fingerprint density at radius 3 is 1.64 bits per heavy atom. The van der Waals surface area contributed by atoms with Gasteiger partial charge in [0, 0.05) is 0 Å². The molecule has 1 aromatic carbocycles. The van der Waals surface area contributed by atoms with Crippen LogP contribution in [0.3, 0.4) is 0 Å². The van der Waals surface area contributed by atoms with Gasteiger partial charge in [0.05, 0.1) is 29.2 Å². The molecule has 1 aromatic rings. The van der Waals surface area contributed by atoms with E-state index in [1.807, 2.05) is 0 Å². The second kappa shape index (κ2) is 23.8. The summed E-state index contributed by atoms with van der Waals surface area (Å²) in [5, 5.41) is 0. The Hall–Kier alpha value is -0.814. The van der Waals surface area contributed by atoms with Gasteiger partial charge in [0.1, 0.15) is 10.1 Å². The number of unbranched alkanes of at least 4 members (excludes halogenated alkanes) is 10. The minimum absolute atomic E-state index is 0. The Labute approximate surface area is 278 Å². The predicted octanol–water partition coefficient (Wildman–Crippen LogP) is 4.52. The second-order valence-electron chi connectivity index (χ2n) is 9.33. The molecule has 0 saturated heterocycles. The molecule has 0 aliphatic carbocycles. The smallest absolute Gasteiger partial charge is 0.744 e. The Kier molecular flexibility index (Phi) is 23.4. The normalized spacial score (nSPS) is 11.6. The number of hydrogen-bond donors (Lipinski definition) is 0. The van der Waals surface area contributed by atoms with E-state index in [0.29, 0.717) is 12.8 Å². The molecule has 214 valence electrons. The van der Waals surface area contributed by atoms with Crippen molar-refractivity contribution in [2.24, 2.45) is 0 Å². The Morgan fingerprint density at radius 2 is 1.18 bits per heavy atom. The summed E-state index contributed by atoms with van der Waals surface area (Å²) in [5.41, 5.74) is -0.827. The molecule has 7 nitrogen and oxygen atoms in total. The van der Waals surface area contributed by atoms with E-state index in [-0.39, 0.29) is 70.2 Å². The van der Waals surface area contributed by atoms with E-state index in [0.717, 1.165) is 57.4 Å². The van der Waals surface area contributed by atoms with Gasteiger partial charge < -0.3 is 14.0 Å². The summed E-state index contributed by atoms with van der Waals surface area (Å²) in [6.45, 7) is 4.51. The molecular formula is C30H45KO7S. The van der Waals surface area contributed by atoms with Gasteiger partial charge in [-0.1, -0.05) is 69.9 Å². The van der Waals surface area contributed by atoms with Gasteiger partial charge in [-0.25, -0.2) is 18.0 Å². The first kappa shape index (κ1) is 38.2. The third-order valence-electron chi connectivity index (χ3n) is 6.00. The summed E-state index contributed by atoms with van der Waals surface area (Å²) in [6.07, 6.45) is 22.3. The molecule has 0 bridgehead atoms. The van der Waals surface area contributed by atoms with Crippen molar-refractivity contribution in [3.8, 4) is 0 Å². The standard InChI is InChI=1S/C30H46O7S.K/c1-3-5-7-9-11-13-15-17-19-24-36-29(31)26-22-21-23-27(38(33,34)35)28(26)30(32)37-25-20-18-16-14-12-10-8-6-4-2;/h9-12,21-23H,3-8,13-20,24-25H2,1-2H3,(H,33,34,35);/q;+1/p-1/b11-9+,12-10+;. The molecule has 0 unspecified atom stereocenters. The van der Waals surface area contributed by atoms with Crippen LogP contribution in [0, 0.1) is 0 Å². The number of carbonyl (C=O) groups excluding carboxylic acids is 2. The molecule has 0 fully saturated rings. The van der Waals surface area contributed by atoms with Crippen LogP contribution in [0.1, 0.15) is 124 Å². The van der Waals surface area contributed by atoms with Gasteiger partial charge >= 0.3 is 63.3 Å². The maximum absolute atomic E-state index is 12.8. The Bertz CT molecular complexity index is 987. The SMILES string of the molecule is CCCC/C=C/CCCCCOC(=O)c1cccc(S(=O)(=O)[O-])c1C(=O)OCCCCC/C=C/CCCC.[K+]. The van der Waals surface area contributed by atoms with E-state index >= 15 is 0 Å². The molecule has 0 heterocycles. The molecule has 0 aliphatic rings. The van der Waals surface area contributed by atoms with Crippen molar-refractivity contribution in [1.29, 1.82) is 0 Å². The Balaban J connectivity index is 0.0000144. The zero-order valence-corrected chi connectivity index (χ0v) is 28.1. The largest absolute Gasteiger partial charge is 1.00 e. The number of ether oxygens (including phenoxy) is 2. The molecular weight excluding hydrogens is 543 g/mol. The fourth-order valence-electron chi connectivity index (χ4n) is 3.80. The van der Waals surface area contributed by atoms with Crippen LogP contribution in [-0.2, 0) is 19.6 Å². The van der Waals surface area contributed by atoms with E-state index < -0.39 is 32.5 Å². The van der Waals surface area contributed by atoms with Gasteiger partial charge in [0.2, 0.25) is 0 Å². The summed E-state index contributed by atoms with van der Waals surface area (Å²) in [7, 11) is -5.00. The Morgan fingerprint density at radius 1 is 0.718 bits per heavy atom. The maximum Gasteiger partial charge on any atom is 1.00 e. The van der Waals surface area contributed by atoms with Crippen LogP contribution < -0.4 is 51.4 Å². The molecule has 0 saturated carbocycles. The van der Waals surface area contributed by atoms with Crippen LogP contribution in [-0.4, -0.2) is 38.1 Å². The van der Waals surface area contributed by atoms with Crippen LogP contribution in [0.15, 0.2) is 47.4 Å². The van der Waals surface area contributed by atoms with Crippen LogP contribution >= 0.6 is 0 Å². The zero-order chi connectivity index (χ0) is 28.1. The van der Waals surface area contributed by atoms with E-state index in [1.54, 1.807) is 0 Å². The van der Waals surface area contributed by atoms with Crippen molar-refractivity contribution in [3.63, 3.8) is 0 Å². The van der Waals surface area contributed by atoms with Crippen LogP contribution in [0.5, 0.6) is 0 Å². The number of rotatable bonds is 21. The van der Waals surface area contributed by atoms with Gasteiger partial charge in [-0.15, -0.1) is 0 Å². The second-order valence-corrected chi connectivity index (χ2v) is 10.7. The molecule has 9 heteroatoms. The maximum atomic E-state index is 12.8. The van der Waals surface area contributed by atoms with Crippen LogP contribution in [0.25, 0.3) is 0 Å². The van der Waals surface area contributed by atoms with Gasteiger partial charge in [0.25, 0.3) is 0 Å². The number of hydrogen-bond acceptors (Lipinski definition) is 7. The van der Waals surface area contributed by atoms with Crippen molar-refractivity contribution in [3.05, 3.63) is 53.6 Å². The first-order chi connectivity index (χ1) is 18.3. The van der Waals surface area contributed by atoms with E-state index in [4.69, 9.17) is 9.47 Å². The molecule has 0 amide bonds. The average molecular weight is 589 g/mol. The fraction of sp³-hybridized carbons (Fsp3) is 0.600. The molecule has 0 atom stereocenters. The molecule has 0 aliphatic heterocycles. The number of esters is 2. The number of benzene rings is 1. The van der Waals surface area contributed by atoms with Crippen LogP contribution in [0.4, 0.5) is 0 Å². The van der Waals surface area contributed by atoms with Gasteiger partial charge in [-0.2, -0.15) is 0 Å². The van der Waals surface area contributed by atoms with Gasteiger partial charge in [-0.05, 0) is 76.3 Å².